The van der Waals surface area contributed by atoms with Gasteiger partial charge in [0.2, 0.25) is 11.8 Å². The van der Waals surface area contributed by atoms with Crippen LogP contribution in [0.15, 0.2) is 77.8 Å². The molecular weight excluding hydrogens is 525 g/mol. The summed E-state index contributed by atoms with van der Waals surface area (Å²) in [4.78, 5) is 32.3. The first kappa shape index (κ1) is 28.4. The SMILES string of the molecule is COc1ccc(C/C=C(/C)c2cc(CC3C(=O)N(c4ccc(SC(F)(F)F)cc4)C(=O)C3(C)C)ccn2)cc1. The Balaban J connectivity index is 1.50. The number of thioether (sulfide) groups is 1. The van der Waals surface area contributed by atoms with Crippen molar-refractivity contribution < 1.29 is 27.5 Å². The Bertz CT molecular complexity index is 1380. The largest absolute Gasteiger partial charge is 0.497 e. The molecule has 0 radical (unpaired) electrons. The van der Waals surface area contributed by atoms with Crippen molar-refractivity contribution in [3.63, 3.8) is 0 Å². The lowest BCUT2D eigenvalue weighted by atomic mass is 9.77. The minimum atomic E-state index is -4.42. The number of carbonyl (C=O) groups excluding carboxylic acids is 2. The zero-order valence-electron chi connectivity index (χ0n) is 22.1. The molecule has 1 saturated heterocycles. The number of methoxy groups -OCH3 is 1. The predicted molar refractivity (Wildman–Crippen MR) is 146 cm³/mol. The fraction of sp³-hybridized carbons (Fsp3) is 0.300. The summed E-state index contributed by atoms with van der Waals surface area (Å²) in [5, 5.41) is 0. The standard InChI is InChI=1S/C30H29F3N2O3S/c1-19(5-6-20-7-11-23(38-4)12-8-20)26-18-21(15-16-34-26)17-25-27(36)35(28(37)29(25,2)3)22-9-13-24(14-10-22)39-30(31,32)33/h5,7-16,18,25H,6,17H2,1-4H3/b19-5-. The summed E-state index contributed by atoms with van der Waals surface area (Å²) < 4.78 is 43.3. The molecule has 2 heterocycles. The number of hydrogen-bond donors (Lipinski definition) is 0. The van der Waals surface area contributed by atoms with Crippen LogP contribution in [0.1, 0.15) is 37.6 Å². The summed E-state index contributed by atoms with van der Waals surface area (Å²) in [6.07, 6.45) is 4.83. The number of aromatic nitrogens is 1. The number of anilines is 1. The maximum atomic E-state index is 13.5. The average molecular weight is 555 g/mol. The van der Waals surface area contributed by atoms with Crippen LogP contribution in [0.3, 0.4) is 0 Å². The topological polar surface area (TPSA) is 59.5 Å². The monoisotopic (exact) mass is 554 g/mol. The van der Waals surface area contributed by atoms with E-state index in [0.29, 0.717) is 6.42 Å². The molecule has 4 rings (SSSR count). The van der Waals surface area contributed by atoms with Crippen molar-refractivity contribution in [3.05, 3.63) is 89.8 Å². The lowest BCUT2D eigenvalue weighted by Gasteiger charge is -2.22. The number of halogens is 3. The molecule has 1 unspecified atom stereocenters. The molecule has 2 amide bonds. The Morgan fingerprint density at radius 2 is 1.72 bits per heavy atom. The highest BCUT2D eigenvalue weighted by Crippen LogP contribution is 2.43. The minimum Gasteiger partial charge on any atom is -0.497 e. The Morgan fingerprint density at radius 3 is 2.33 bits per heavy atom. The van der Waals surface area contributed by atoms with Gasteiger partial charge in [0, 0.05) is 11.1 Å². The fourth-order valence-electron chi connectivity index (χ4n) is 4.58. The minimum absolute atomic E-state index is 0.0131. The van der Waals surface area contributed by atoms with Crippen molar-refractivity contribution in [1.82, 2.24) is 4.98 Å². The highest BCUT2D eigenvalue weighted by molar-refractivity contribution is 8.00. The Labute approximate surface area is 230 Å². The van der Waals surface area contributed by atoms with Gasteiger partial charge in [-0.25, -0.2) is 4.90 Å². The number of benzene rings is 2. The summed E-state index contributed by atoms with van der Waals surface area (Å²) in [5.41, 5.74) is -1.37. The van der Waals surface area contributed by atoms with Crippen LogP contribution in [0.25, 0.3) is 5.57 Å². The number of rotatable bonds is 8. The lowest BCUT2D eigenvalue weighted by molar-refractivity contribution is -0.125. The molecule has 204 valence electrons. The second kappa shape index (κ2) is 11.3. The molecular formula is C30H29F3N2O3S. The zero-order valence-corrected chi connectivity index (χ0v) is 22.9. The number of alkyl halides is 3. The summed E-state index contributed by atoms with van der Waals surface area (Å²) in [6, 6.07) is 16.9. The van der Waals surface area contributed by atoms with Crippen LogP contribution in [-0.2, 0) is 22.4 Å². The van der Waals surface area contributed by atoms with Crippen molar-refractivity contribution in [3.8, 4) is 5.75 Å². The van der Waals surface area contributed by atoms with E-state index in [9.17, 15) is 22.8 Å². The van der Waals surface area contributed by atoms with Gasteiger partial charge in [-0.1, -0.05) is 32.1 Å². The van der Waals surface area contributed by atoms with E-state index in [1.807, 2.05) is 43.3 Å². The average Bonchev–Trinajstić information content (AvgIpc) is 3.06. The first-order chi connectivity index (χ1) is 18.4. The van der Waals surface area contributed by atoms with Crippen LogP contribution in [0, 0.1) is 11.3 Å². The van der Waals surface area contributed by atoms with E-state index in [0.717, 1.165) is 39.5 Å². The van der Waals surface area contributed by atoms with Crippen molar-refractivity contribution in [2.24, 2.45) is 11.3 Å². The highest BCUT2D eigenvalue weighted by atomic mass is 32.2. The molecule has 1 aliphatic heterocycles. The number of allylic oxidation sites excluding steroid dienone is 2. The van der Waals surface area contributed by atoms with Gasteiger partial charge in [-0.2, -0.15) is 13.2 Å². The van der Waals surface area contributed by atoms with Gasteiger partial charge in [0.25, 0.3) is 0 Å². The molecule has 39 heavy (non-hydrogen) atoms. The van der Waals surface area contributed by atoms with Crippen molar-refractivity contribution in [2.45, 2.75) is 44.0 Å². The molecule has 1 atom stereocenters. The molecule has 1 aliphatic rings. The van der Waals surface area contributed by atoms with Gasteiger partial charge in [0.05, 0.1) is 29.8 Å². The molecule has 1 aromatic heterocycles. The number of amides is 2. The van der Waals surface area contributed by atoms with Crippen LogP contribution >= 0.6 is 11.8 Å². The normalized spacial score (nSPS) is 17.6. The van der Waals surface area contributed by atoms with Crippen molar-refractivity contribution in [2.75, 3.05) is 12.0 Å². The number of hydrogen-bond acceptors (Lipinski definition) is 5. The van der Waals surface area contributed by atoms with E-state index in [4.69, 9.17) is 4.74 Å². The Kier molecular flexibility index (Phi) is 8.20. The summed E-state index contributed by atoms with van der Waals surface area (Å²) in [7, 11) is 1.63. The quantitative estimate of drug-likeness (QED) is 0.219. The molecule has 0 saturated carbocycles. The molecule has 9 heteroatoms. The predicted octanol–water partition coefficient (Wildman–Crippen LogP) is 7.11. The molecule has 0 aliphatic carbocycles. The number of pyridine rings is 1. The molecule has 0 N–H and O–H groups in total. The first-order valence-electron chi connectivity index (χ1n) is 12.4. The lowest BCUT2D eigenvalue weighted by Crippen LogP contribution is -2.32. The van der Waals surface area contributed by atoms with Crippen LogP contribution in [0.5, 0.6) is 5.75 Å². The van der Waals surface area contributed by atoms with Crippen LogP contribution in [0.2, 0.25) is 0 Å². The van der Waals surface area contributed by atoms with Crippen LogP contribution in [0.4, 0.5) is 18.9 Å². The van der Waals surface area contributed by atoms with E-state index >= 15 is 0 Å². The smallest absolute Gasteiger partial charge is 0.446 e. The van der Waals surface area contributed by atoms with E-state index < -0.39 is 16.8 Å². The summed E-state index contributed by atoms with van der Waals surface area (Å²) >= 11 is -0.241. The fourth-order valence-corrected chi connectivity index (χ4v) is 5.11. The van der Waals surface area contributed by atoms with Gasteiger partial charge in [-0.05, 0) is 96.8 Å². The number of carbonyl (C=O) groups is 2. The first-order valence-corrected chi connectivity index (χ1v) is 13.2. The molecule has 1 fully saturated rings. The van der Waals surface area contributed by atoms with E-state index in [-0.39, 0.29) is 34.2 Å². The molecule has 2 aromatic carbocycles. The second-order valence-electron chi connectivity index (χ2n) is 9.99. The van der Waals surface area contributed by atoms with Gasteiger partial charge in [-0.15, -0.1) is 0 Å². The van der Waals surface area contributed by atoms with Crippen LogP contribution in [-0.4, -0.2) is 29.4 Å². The van der Waals surface area contributed by atoms with Crippen molar-refractivity contribution in [1.29, 1.82) is 0 Å². The highest BCUT2D eigenvalue weighted by Gasteiger charge is 2.53. The van der Waals surface area contributed by atoms with Gasteiger partial charge >= 0.3 is 5.51 Å². The molecule has 3 aromatic rings. The van der Waals surface area contributed by atoms with Crippen LogP contribution < -0.4 is 9.64 Å². The maximum absolute atomic E-state index is 13.5. The molecule has 0 spiro atoms. The Hall–Kier alpha value is -3.59. The Morgan fingerprint density at radius 1 is 1.05 bits per heavy atom. The maximum Gasteiger partial charge on any atom is 0.446 e. The number of nitrogens with zero attached hydrogens (tertiary/aromatic N) is 2. The number of imide groups is 1. The third kappa shape index (κ3) is 6.53. The molecule has 0 bridgehead atoms. The van der Waals surface area contributed by atoms with Gasteiger partial charge in [0.15, 0.2) is 0 Å². The van der Waals surface area contributed by atoms with Gasteiger partial charge < -0.3 is 4.74 Å². The van der Waals surface area contributed by atoms with E-state index in [2.05, 4.69) is 11.1 Å². The summed E-state index contributed by atoms with van der Waals surface area (Å²) in [5.74, 6) is -0.578. The van der Waals surface area contributed by atoms with E-state index in [1.54, 1.807) is 27.2 Å². The third-order valence-corrected chi connectivity index (χ3v) is 7.68. The second-order valence-corrected chi connectivity index (χ2v) is 11.1. The van der Waals surface area contributed by atoms with Gasteiger partial charge in [-0.3, -0.25) is 14.6 Å². The zero-order chi connectivity index (χ0) is 28.4. The van der Waals surface area contributed by atoms with Gasteiger partial charge in [0.1, 0.15) is 5.75 Å². The van der Waals surface area contributed by atoms with Crippen molar-refractivity contribution >= 4 is 34.8 Å². The number of ether oxygens (including phenoxy) is 1. The van der Waals surface area contributed by atoms with E-state index in [1.165, 1.54) is 24.3 Å². The summed E-state index contributed by atoms with van der Waals surface area (Å²) in [6.45, 7) is 5.44. The molecule has 5 nitrogen and oxygen atoms in total. The third-order valence-electron chi connectivity index (χ3n) is 6.94.